The van der Waals surface area contributed by atoms with Crippen LogP contribution in [0.25, 0.3) is 12.2 Å². The van der Waals surface area contributed by atoms with Crippen molar-refractivity contribution in [1.29, 1.82) is 0 Å². The second-order valence-electron chi connectivity index (χ2n) is 6.85. The van der Waals surface area contributed by atoms with Gasteiger partial charge in [-0.05, 0) is 66.2 Å². The highest BCUT2D eigenvalue weighted by molar-refractivity contribution is 8.18. The lowest BCUT2D eigenvalue weighted by molar-refractivity contribution is -0.123. The fourth-order valence-electron chi connectivity index (χ4n) is 2.99. The zero-order chi connectivity index (χ0) is 23.8. The zero-order valence-corrected chi connectivity index (χ0v) is 19.7. The van der Waals surface area contributed by atoms with Crippen molar-refractivity contribution in [3.05, 3.63) is 69.6 Å². The lowest BCUT2D eigenvalue weighted by atomic mass is 10.2. The summed E-state index contributed by atoms with van der Waals surface area (Å²) in [4.78, 5) is 38.4. The number of carbonyl (C=O) groups excluding carboxylic acids is 3. The number of imide groups is 1. The van der Waals surface area contributed by atoms with Crippen LogP contribution in [-0.4, -0.2) is 48.8 Å². The molecule has 0 bridgehead atoms. The molecule has 2 aromatic carbocycles. The lowest BCUT2D eigenvalue weighted by Crippen LogP contribution is -2.36. The number of hydrogen-bond donors (Lipinski definition) is 1. The minimum absolute atomic E-state index is 0.0824. The molecule has 3 amide bonds. The van der Waals surface area contributed by atoms with E-state index in [9.17, 15) is 14.4 Å². The van der Waals surface area contributed by atoms with Crippen molar-refractivity contribution in [2.45, 2.75) is 6.92 Å². The molecule has 1 saturated heterocycles. The monoisotopic (exact) mass is 486 g/mol. The third-order valence-electron chi connectivity index (χ3n) is 4.59. The van der Waals surface area contributed by atoms with Crippen LogP contribution in [0.3, 0.4) is 0 Å². The van der Waals surface area contributed by atoms with Crippen molar-refractivity contribution in [3.8, 4) is 11.5 Å². The number of halogens is 1. The number of ether oxygens (including phenoxy) is 2. The molecule has 3 rings (SSSR count). The third kappa shape index (κ3) is 6.63. The minimum atomic E-state index is -0.383. The normalized spacial score (nSPS) is 14.9. The molecule has 1 fully saturated rings. The first kappa shape index (κ1) is 24.4. The van der Waals surface area contributed by atoms with E-state index in [1.165, 1.54) is 6.08 Å². The molecule has 0 radical (unpaired) electrons. The second-order valence-corrected chi connectivity index (χ2v) is 8.28. The zero-order valence-electron chi connectivity index (χ0n) is 18.2. The van der Waals surface area contributed by atoms with E-state index in [2.05, 4.69) is 5.32 Å². The molecule has 0 atom stereocenters. The topological polar surface area (TPSA) is 84.9 Å². The average Bonchev–Trinajstić information content (AvgIpc) is 3.07. The van der Waals surface area contributed by atoms with E-state index in [0.717, 1.165) is 27.8 Å². The van der Waals surface area contributed by atoms with Gasteiger partial charge in [0.15, 0.2) is 11.5 Å². The Hall–Kier alpha value is -3.23. The summed E-state index contributed by atoms with van der Waals surface area (Å²) in [6.07, 6.45) is 4.67. The Labute approximate surface area is 201 Å². The van der Waals surface area contributed by atoms with Crippen molar-refractivity contribution in [3.63, 3.8) is 0 Å². The molecule has 2 aromatic rings. The predicted octanol–water partition coefficient (Wildman–Crippen LogP) is 4.61. The van der Waals surface area contributed by atoms with Crippen LogP contribution in [0.5, 0.6) is 11.5 Å². The maximum absolute atomic E-state index is 12.5. The predicted molar refractivity (Wildman–Crippen MR) is 130 cm³/mol. The van der Waals surface area contributed by atoms with E-state index in [1.807, 2.05) is 13.0 Å². The van der Waals surface area contributed by atoms with Crippen molar-refractivity contribution < 1.29 is 23.9 Å². The van der Waals surface area contributed by atoms with Gasteiger partial charge in [0.25, 0.3) is 11.1 Å². The van der Waals surface area contributed by atoms with Crippen LogP contribution >= 0.6 is 23.4 Å². The Morgan fingerprint density at radius 3 is 2.55 bits per heavy atom. The van der Waals surface area contributed by atoms with E-state index in [-0.39, 0.29) is 30.1 Å². The first-order chi connectivity index (χ1) is 15.9. The molecule has 1 N–H and O–H groups in total. The van der Waals surface area contributed by atoms with Gasteiger partial charge in [-0.25, -0.2) is 0 Å². The highest BCUT2D eigenvalue weighted by Gasteiger charge is 2.34. The van der Waals surface area contributed by atoms with Crippen LogP contribution < -0.4 is 14.8 Å². The van der Waals surface area contributed by atoms with E-state index in [4.69, 9.17) is 21.1 Å². The fraction of sp³-hybridized carbons (Fsp3) is 0.208. The molecule has 0 aliphatic carbocycles. The minimum Gasteiger partial charge on any atom is -0.493 e. The van der Waals surface area contributed by atoms with Crippen LogP contribution in [0.4, 0.5) is 4.79 Å². The summed E-state index contributed by atoms with van der Waals surface area (Å²) < 4.78 is 10.8. The molecule has 1 aliphatic heterocycles. The van der Waals surface area contributed by atoms with Crippen LogP contribution in [0.2, 0.25) is 5.02 Å². The first-order valence-electron chi connectivity index (χ1n) is 10.2. The Kier molecular flexibility index (Phi) is 8.57. The quantitative estimate of drug-likeness (QED) is 0.521. The summed E-state index contributed by atoms with van der Waals surface area (Å²) in [5.41, 5.74) is 1.54. The third-order valence-corrected chi connectivity index (χ3v) is 5.75. The van der Waals surface area contributed by atoms with Gasteiger partial charge in [-0.1, -0.05) is 29.8 Å². The number of nitrogens with one attached hydrogen (secondary N) is 1. The average molecular weight is 487 g/mol. The summed E-state index contributed by atoms with van der Waals surface area (Å²) >= 11 is 6.74. The number of rotatable bonds is 9. The molecule has 1 aliphatic rings. The van der Waals surface area contributed by atoms with Gasteiger partial charge in [-0.3, -0.25) is 19.3 Å². The van der Waals surface area contributed by atoms with Gasteiger partial charge in [0.2, 0.25) is 5.91 Å². The largest absolute Gasteiger partial charge is 0.493 e. The van der Waals surface area contributed by atoms with Crippen molar-refractivity contribution in [2.24, 2.45) is 0 Å². The van der Waals surface area contributed by atoms with Crippen LogP contribution in [-0.2, 0) is 9.59 Å². The van der Waals surface area contributed by atoms with Crippen LogP contribution in [0.1, 0.15) is 18.1 Å². The molecule has 0 saturated carbocycles. The number of thioether (sulfide) groups is 1. The summed E-state index contributed by atoms with van der Waals surface area (Å²) in [7, 11) is 1.55. The van der Waals surface area contributed by atoms with Gasteiger partial charge in [0, 0.05) is 24.2 Å². The number of carbonyl (C=O) groups is 3. The molecule has 1 heterocycles. The van der Waals surface area contributed by atoms with E-state index < -0.39 is 0 Å². The molecular weight excluding hydrogens is 464 g/mol. The molecule has 172 valence electrons. The smallest absolute Gasteiger partial charge is 0.293 e. The second kappa shape index (κ2) is 11.6. The summed E-state index contributed by atoms with van der Waals surface area (Å²) in [5.74, 6) is 0.479. The SMILES string of the molecule is CCOc1ccc(/C=C/C(=O)NCCN2C(=O)S/C(=C\c3ccc(Cl)cc3)C2=O)cc1OC. The van der Waals surface area contributed by atoms with E-state index in [0.29, 0.717) is 28.0 Å². The molecule has 0 spiro atoms. The number of hydrogen-bond acceptors (Lipinski definition) is 6. The van der Waals surface area contributed by atoms with Crippen molar-refractivity contribution >= 4 is 52.6 Å². The molecule has 9 heteroatoms. The maximum atomic E-state index is 12.5. The van der Waals surface area contributed by atoms with Crippen molar-refractivity contribution in [1.82, 2.24) is 10.2 Å². The molecular formula is C24H23ClN2O5S. The molecule has 0 unspecified atom stereocenters. The highest BCUT2D eigenvalue weighted by atomic mass is 35.5. The molecule has 0 aromatic heterocycles. The highest BCUT2D eigenvalue weighted by Crippen LogP contribution is 2.32. The van der Waals surface area contributed by atoms with Gasteiger partial charge in [0.1, 0.15) is 0 Å². The molecule has 7 nitrogen and oxygen atoms in total. The van der Waals surface area contributed by atoms with Gasteiger partial charge < -0.3 is 14.8 Å². The van der Waals surface area contributed by atoms with E-state index in [1.54, 1.807) is 55.7 Å². The number of benzene rings is 2. The Balaban J connectivity index is 1.52. The summed E-state index contributed by atoms with van der Waals surface area (Å²) in [6, 6.07) is 12.3. The number of amides is 3. The number of methoxy groups -OCH3 is 1. The first-order valence-corrected chi connectivity index (χ1v) is 11.4. The van der Waals surface area contributed by atoms with Crippen molar-refractivity contribution in [2.75, 3.05) is 26.8 Å². The Morgan fingerprint density at radius 1 is 1.12 bits per heavy atom. The molecule has 33 heavy (non-hydrogen) atoms. The van der Waals surface area contributed by atoms with Gasteiger partial charge in [0.05, 0.1) is 18.6 Å². The van der Waals surface area contributed by atoms with E-state index >= 15 is 0 Å². The van der Waals surface area contributed by atoms with Gasteiger partial charge >= 0.3 is 0 Å². The fourth-order valence-corrected chi connectivity index (χ4v) is 3.98. The van der Waals surface area contributed by atoms with Gasteiger partial charge in [-0.2, -0.15) is 0 Å². The number of nitrogens with zero attached hydrogens (tertiary/aromatic N) is 1. The van der Waals surface area contributed by atoms with Crippen LogP contribution in [0, 0.1) is 0 Å². The summed E-state index contributed by atoms with van der Waals surface area (Å²) in [5, 5.41) is 2.90. The standard InChI is InChI=1S/C24H23ClN2O5S/c1-3-32-19-10-6-16(14-20(19)31-2)7-11-22(28)26-12-13-27-23(29)21(33-24(27)30)15-17-4-8-18(25)9-5-17/h4-11,14-15H,3,12-13H2,1-2H3,(H,26,28)/b11-7+,21-15-. The summed E-state index contributed by atoms with van der Waals surface area (Å²) in [6.45, 7) is 2.63. The van der Waals surface area contributed by atoms with Crippen LogP contribution in [0.15, 0.2) is 53.4 Å². The van der Waals surface area contributed by atoms with Gasteiger partial charge in [-0.15, -0.1) is 0 Å². The lowest BCUT2D eigenvalue weighted by Gasteiger charge is -2.12. The Bertz CT molecular complexity index is 1100. The Morgan fingerprint density at radius 2 is 1.85 bits per heavy atom. The maximum Gasteiger partial charge on any atom is 0.293 e.